The summed E-state index contributed by atoms with van der Waals surface area (Å²) in [5, 5.41) is 0. The largest absolute Gasteiger partial charge is 0.466 e. The SMILES string of the molecule is COC(=O)/C=C/C(C)=C\C=C/C(C)=C/C=C/C=C(C)\C=C\C=C(C)/C=C\C(=O)OC/C=C(\C)CC/C=C(\C)CC/C=C(\C)CCC=C(C)C. The van der Waals surface area contributed by atoms with E-state index in [1.807, 2.05) is 94.5 Å². The van der Waals surface area contributed by atoms with Gasteiger partial charge in [0.25, 0.3) is 0 Å². The van der Waals surface area contributed by atoms with E-state index in [1.54, 1.807) is 12.2 Å². The van der Waals surface area contributed by atoms with Crippen LogP contribution in [-0.4, -0.2) is 25.7 Å². The molecule has 0 aromatic rings. The molecule has 0 radical (unpaired) electrons. The molecule has 0 aliphatic rings. The smallest absolute Gasteiger partial charge is 0.331 e. The van der Waals surface area contributed by atoms with Crippen molar-refractivity contribution in [1.29, 1.82) is 0 Å². The van der Waals surface area contributed by atoms with Crippen LogP contribution in [0.25, 0.3) is 0 Å². The first kappa shape index (κ1) is 44.6. The van der Waals surface area contributed by atoms with Crippen LogP contribution < -0.4 is 0 Å². The van der Waals surface area contributed by atoms with Gasteiger partial charge in [-0.15, -0.1) is 0 Å². The highest BCUT2D eigenvalue weighted by molar-refractivity contribution is 5.82. The van der Waals surface area contributed by atoms with Crippen LogP contribution in [-0.2, 0) is 19.1 Å². The topological polar surface area (TPSA) is 52.6 Å². The molecule has 0 aromatic carbocycles. The van der Waals surface area contributed by atoms with Gasteiger partial charge in [0, 0.05) is 12.2 Å². The van der Waals surface area contributed by atoms with Crippen LogP contribution in [0.5, 0.6) is 0 Å². The second-order valence-electron chi connectivity index (χ2n) is 12.6. The summed E-state index contributed by atoms with van der Waals surface area (Å²) in [6, 6.07) is 0. The predicted octanol–water partition coefficient (Wildman–Crippen LogP) is 12.4. The van der Waals surface area contributed by atoms with Crippen molar-refractivity contribution in [2.75, 3.05) is 13.7 Å². The molecule has 0 saturated heterocycles. The van der Waals surface area contributed by atoms with E-state index in [4.69, 9.17) is 4.74 Å². The number of carbonyl (C=O) groups is 2. The molecule has 49 heavy (non-hydrogen) atoms. The molecule has 0 bridgehead atoms. The van der Waals surface area contributed by atoms with Gasteiger partial charge in [0.05, 0.1) is 7.11 Å². The van der Waals surface area contributed by atoms with E-state index in [0.29, 0.717) is 0 Å². The highest BCUT2D eigenvalue weighted by atomic mass is 16.5. The normalized spacial score (nSPS) is 14.7. The Balaban J connectivity index is 4.55. The van der Waals surface area contributed by atoms with Crippen LogP contribution in [0.2, 0.25) is 0 Å². The summed E-state index contributed by atoms with van der Waals surface area (Å²) >= 11 is 0. The van der Waals surface area contributed by atoms with Crippen LogP contribution in [0, 0.1) is 0 Å². The van der Waals surface area contributed by atoms with Gasteiger partial charge in [0.1, 0.15) is 6.61 Å². The highest BCUT2D eigenvalue weighted by Crippen LogP contribution is 2.13. The third-order valence-electron chi connectivity index (χ3n) is 7.24. The maximum atomic E-state index is 12.1. The molecule has 4 heteroatoms. The minimum absolute atomic E-state index is 0.284. The van der Waals surface area contributed by atoms with Gasteiger partial charge in [-0.25, -0.2) is 9.59 Å². The number of carbonyl (C=O) groups excluding carboxylic acids is 2. The molecular formula is C45H62O4. The van der Waals surface area contributed by atoms with E-state index >= 15 is 0 Å². The van der Waals surface area contributed by atoms with Crippen molar-refractivity contribution >= 4 is 11.9 Å². The first-order valence-corrected chi connectivity index (χ1v) is 17.2. The van der Waals surface area contributed by atoms with Crippen molar-refractivity contribution in [2.24, 2.45) is 0 Å². The highest BCUT2D eigenvalue weighted by Gasteiger charge is 1.97. The average molecular weight is 667 g/mol. The fourth-order valence-corrected chi connectivity index (χ4v) is 4.11. The molecule has 0 heterocycles. The van der Waals surface area contributed by atoms with Gasteiger partial charge in [-0.3, -0.25) is 0 Å². The Morgan fingerprint density at radius 2 is 0.837 bits per heavy atom. The molecular weight excluding hydrogens is 604 g/mol. The Kier molecular flexibility index (Phi) is 26.0. The second kappa shape index (κ2) is 28.6. The van der Waals surface area contributed by atoms with Crippen LogP contribution in [0.15, 0.2) is 154 Å². The van der Waals surface area contributed by atoms with Crippen molar-refractivity contribution in [2.45, 2.75) is 101 Å². The zero-order valence-electron chi connectivity index (χ0n) is 32.0. The number of ether oxygens (including phenoxy) is 2. The number of esters is 2. The van der Waals surface area contributed by atoms with E-state index < -0.39 is 0 Å². The van der Waals surface area contributed by atoms with Gasteiger partial charge in [0.2, 0.25) is 0 Å². The zero-order valence-corrected chi connectivity index (χ0v) is 32.0. The van der Waals surface area contributed by atoms with Gasteiger partial charge in [-0.1, -0.05) is 136 Å². The summed E-state index contributed by atoms with van der Waals surface area (Å²) in [6.07, 6.45) is 41.6. The standard InChI is InChI=1S/C45H62O4/c1-36(2)18-13-21-39(5)24-14-25-40(6)26-17-29-43(9)34-35-49-45(47)33-31-42(8)28-16-23-38(4)20-12-11-19-37(3)22-15-27-41(7)30-32-44(46)48-10/h11-12,15-16,18-20,22-24,26-28,30-34H,13-14,17,21,25,29,35H2,1-10H3/b12-11+,22-15-,23-16+,32-30+,33-31-,37-19+,38-20-,39-24+,40-26+,41-27-,42-28-,43-34+. The lowest BCUT2D eigenvalue weighted by Crippen LogP contribution is -2.00. The molecule has 0 saturated carbocycles. The molecule has 0 fully saturated rings. The number of allylic oxidation sites excluding steroid dienone is 23. The third kappa shape index (κ3) is 29.4. The maximum absolute atomic E-state index is 12.1. The lowest BCUT2D eigenvalue weighted by Gasteiger charge is -2.03. The third-order valence-corrected chi connectivity index (χ3v) is 7.24. The minimum atomic E-state index is -0.369. The molecule has 0 spiro atoms. The summed E-state index contributed by atoms with van der Waals surface area (Å²) in [5.41, 5.74) is 9.62. The van der Waals surface area contributed by atoms with Gasteiger partial charge in [-0.05, 0) is 107 Å². The van der Waals surface area contributed by atoms with Gasteiger partial charge in [-0.2, -0.15) is 0 Å². The zero-order chi connectivity index (χ0) is 36.9. The van der Waals surface area contributed by atoms with Crippen molar-refractivity contribution in [3.63, 3.8) is 0 Å². The number of methoxy groups -OCH3 is 1. The molecule has 4 nitrogen and oxygen atoms in total. The van der Waals surface area contributed by atoms with Gasteiger partial charge >= 0.3 is 11.9 Å². The van der Waals surface area contributed by atoms with Crippen LogP contribution >= 0.6 is 0 Å². The maximum Gasteiger partial charge on any atom is 0.331 e. The molecule has 0 unspecified atom stereocenters. The summed E-state index contributed by atoms with van der Waals surface area (Å²) in [5.74, 6) is -0.715. The van der Waals surface area contributed by atoms with Crippen molar-refractivity contribution in [3.8, 4) is 0 Å². The molecule has 0 aromatic heterocycles. The van der Waals surface area contributed by atoms with Crippen LogP contribution in [0.1, 0.15) is 101 Å². The lowest BCUT2D eigenvalue weighted by atomic mass is 10.0. The Hall–Kier alpha value is -4.44. The molecule has 0 aliphatic heterocycles. The summed E-state index contributed by atoms with van der Waals surface area (Å²) in [6.45, 7) is 19.0. The molecule has 266 valence electrons. The Bertz CT molecular complexity index is 1430. The van der Waals surface area contributed by atoms with E-state index in [9.17, 15) is 9.59 Å². The molecule has 0 atom stereocenters. The summed E-state index contributed by atoms with van der Waals surface area (Å²) in [4.78, 5) is 23.3. The predicted molar refractivity (Wildman–Crippen MR) is 212 cm³/mol. The average Bonchev–Trinajstić information content (AvgIpc) is 3.04. The number of rotatable bonds is 21. The summed E-state index contributed by atoms with van der Waals surface area (Å²) < 4.78 is 9.94. The van der Waals surface area contributed by atoms with Crippen LogP contribution in [0.3, 0.4) is 0 Å². The van der Waals surface area contributed by atoms with Crippen molar-refractivity contribution < 1.29 is 19.1 Å². The Morgan fingerprint density at radius 3 is 1.29 bits per heavy atom. The molecule has 0 aliphatic carbocycles. The number of hydrogen-bond donors (Lipinski definition) is 0. The Morgan fingerprint density at radius 1 is 0.449 bits per heavy atom. The molecule has 0 amide bonds. The van der Waals surface area contributed by atoms with Gasteiger partial charge in [0.15, 0.2) is 0 Å². The van der Waals surface area contributed by atoms with Gasteiger partial charge < -0.3 is 9.47 Å². The fraction of sp³-hybridized carbons (Fsp3) is 0.378. The lowest BCUT2D eigenvalue weighted by molar-refractivity contribution is -0.136. The van der Waals surface area contributed by atoms with Crippen molar-refractivity contribution in [3.05, 3.63) is 154 Å². The van der Waals surface area contributed by atoms with E-state index in [1.165, 1.54) is 41.6 Å². The summed E-state index contributed by atoms with van der Waals surface area (Å²) in [7, 11) is 1.36. The second-order valence-corrected chi connectivity index (χ2v) is 12.6. The van der Waals surface area contributed by atoms with E-state index in [2.05, 4.69) is 57.6 Å². The van der Waals surface area contributed by atoms with Crippen molar-refractivity contribution in [1.82, 2.24) is 0 Å². The Labute approximate surface area is 298 Å². The molecule has 0 rings (SSSR count). The number of hydrogen-bond acceptors (Lipinski definition) is 4. The monoisotopic (exact) mass is 666 g/mol. The minimum Gasteiger partial charge on any atom is -0.466 e. The quantitative estimate of drug-likeness (QED) is 0.0529. The first-order valence-electron chi connectivity index (χ1n) is 17.2. The first-order chi connectivity index (χ1) is 23.3. The fourth-order valence-electron chi connectivity index (χ4n) is 4.11. The molecule has 0 N–H and O–H groups in total. The van der Waals surface area contributed by atoms with E-state index in [0.717, 1.165) is 60.8 Å². The van der Waals surface area contributed by atoms with Crippen LogP contribution in [0.4, 0.5) is 0 Å². The van der Waals surface area contributed by atoms with E-state index in [-0.39, 0.29) is 18.5 Å².